The van der Waals surface area contributed by atoms with Crippen molar-refractivity contribution in [1.29, 1.82) is 0 Å². The second kappa shape index (κ2) is 6.69. The van der Waals surface area contributed by atoms with Gasteiger partial charge in [-0.15, -0.1) is 0 Å². The highest BCUT2D eigenvalue weighted by Gasteiger charge is 2.16. The number of alkyl halides is 1. The van der Waals surface area contributed by atoms with E-state index >= 15 is 0 Å². The molecular weight excluding hydrogens is 330 g/mol. The number of benzene rings is 1. The van der Waals surface area contributed by atoms with Crippen LogP contribution in [0.3, 0.4) is 0 Å². The zero-order valence-corrected chi connectivity index (χ0v) is 12.8. The van der Waals surface area contributed by atoms with Crippen LogP contribution in [0.1, 0.15) is 38.9 Å². The molecule has 0 N–H and O–H groups in total. The summed E-state index contributed by atoms with van der Waals surface area (Å²) in [6.07, 6.45) is 0.841. The van der Waals surface area contributed by atoms with Gasteiger partial charge in [0.15, 0.2) is 0 Å². The summed E-state index contributed by atoms with van der Waals surface area (Å²) in [6.45, 7) is 7.21. The normalized spacial score (nSPS) is 13.7. The van der Waals surface area contributed by atoms with Crippen LogP contribution in [0.4, 0.5) is 4.39 Å². The van der Waals surface area contributed by atoms with Gasteiger partial charge in [-0.05, 0) is 17.9 Å². The van der Waals surface area contributed by atoms with Gasteiger partial charge in [0.1, 0.15) is 5.82 Å². The minimum absolute atomic E-state index is 0.140. The number of halogens is 2. The molecule has 1 rings (SSSR count). The number of rotatable bonds is 5. The molecule has 3 heteroatoms. The van der Waals surface area contributed by atoms with Crippen molar-refractivity contribution in [2.75, 3.05) is 11.0 Å². The van der Waals surface area contributed by atoms with Crippen molar-refractivity contribution < 1.29 is 9.13 Å². The summed E-state index contributed by atoms with van der Waals surface area (Å²) in [5.74, 6) is -0.176. The molecular formula is C14H20FIO. The van der Waals surface area contributed by atoms with Crippen LogP contribution in [0.15, 0.2) is 24.3 Å². The van der Waals surface area contributed by atoms with E-state index in [9.17, 15) is 4.39 Å². The third-order valence-corrected chi connectivity index (χ3v) is 3.36. The molecule has 17 heavy (non-hydrogen) atoms. The van der Waals surface area contributed by atoms with Gasteiger partial charge in [-0.3, -0.25) is 0 Å². The van der Waals surface area contributed by atoms with E-state index in [1.165, 1.54) is 6.07 Å². The SMILES string of the molecule is CC(C)(C)CCOC(CI)c1ccccc1F. The maximum Gasteiger partial charge on any atom is 0.129 e. The van der Waals surface area contributed by atoms with Gasteiger partial charge < -0.3 is 4.74 Å². The molecule has 0 saturated heterocycles. The van der Waals surface area contributed by atoms with Crippen LogP contribution in [0, 0.1) is 11.2 Å². The van der Waals surface area contributed by atoms with Crippen LogP contribution in [-0.4, -0.2) is 11.0 Å². The number of hydrogen-bond donors (Lipinski definition) is 0. The van der Waals surface area contributed by atoms with Crippen LogP contribution in [0.2, 0.25) is 0 Å². The number of hydrogen-bond acceptors (Lipinski definition) is 1. The Morgan fingerprint density at radius 3 is 2.47 bits per heavy atom. The summed E-state index contributed by atoms with van der Waals surface area (Å²) in [7, 11) is 0. The average molecular weight is 350 g/mol. The summed E-state index contributed by atoms with van der Waals surface area (Å²) in [5.41, 5.74) is 0.918. The fraction of sp³-hybridized carbons (Fsp3) is 0.571. The zero-order chi connectivity index (χ0) is 12.9. The van der Waals surface area contributed by atoms with Gasteiger partial charge in [0.05, 0.1) is 6.10 Å². The van der Waals surface area contributed by atoms with Gasteiger partial charge in [0, 0.05) is 16.6 Å². The molecule has 0 aliphatic carbocycles. The molecule has 1 aromatic carbocycles. The quantitative estimate of drug-likeness (QED) is 0.550. The standard InChI is InChI=1S/C14H20FIO/c1-14(2,3)8-9-17-13(10-16)11-6-4-5-7-12(11)15/h4-7,13H,8-10H2,1-3H3. The van der Waals surface area contributed by atoms with Crippen LogP contribution in [0.5, 0.6) is 0 Å². The van der Waals surface area contributed by atoms with E-state index in [1.54, 1.807) is 12.1 Å². The molecule has 0 bridgehead atoms. The second-order valence-electron chi connectivity index (χ2n) is 5.35. The Labute approximate surface area is 117 Å². The predicted molar refractivity (Wildman–Crippen MR) is 78.1 cm³/mol. The maximum atomic E-state index is 13.6. The molecule has 1 nitrogen and oxygen atoms in total. The lowest BCUT2D eigenvalue weighted by atomic mass is 9.93. The summed E-state index contributed by atoms with van der Waals surface area (Å²) in [5, 5.41) is 0. The lowest BCUT2D eigenvalue weighted by Gasteiger charge is -2.21. The van der Waals surface area contributed by atoms with E-state index in [0.717, 1.165) is 10.8 Å². The van der Waals surface area contributed by atoms with E-state index in [0.29, 0.717) is 12.2 Å². The second-order valence-corrected chi connectivity index (χ2v) is 6.23. The fourth-order valence-corrected chi connectivity index (χ4v) is 2.19. The lowest BCUT2D eigenvalue weighted by molar-refractivity contribution is 0.0511. The first-order valence-electron chi connectivity index (χ1n) is 5.86. The van der Waals surface area contributed by atoms with Gasteiger partial charge in [-0.1, -0.05) is 61.6 Å². The highest BCUT2D eigenvalue weighted by molar-refractivity contribution is 14.1. The highest BCUT2D eigenvalue weighted by atomic mass is 127. The summed E-state index contributed by atoms with van der Waals surface area (Å²) < 4.78 is 20.2. The smallest absolute Gasteiger partial charge is 0.129 e. The van der Waals surface area contributed by atoms with E-state index in [4.69, 9.17) is 4.74 Å². The zero-order valence-electron chi connectivity index (χ0n) is 10.7. The molecule has 0 spiro atoms. The van der Waals surface area contributed by atoms with Crippen LogP contribution < -0.4 is 0 Å². The van der Waals surface area contributed by atoms with Crippen molar-refractivity contribution in [3.8, 4) is 0 Å². The maximum absolute atomic E-state index is 13.6. The molecule has 0 saturated carbocycles. The van der Waals surface area contributed by atoms with Crippen LogP contribution in [-0.2, 0) is 4.74 Å². The summed E-state index contributed by atoms with van der Waals surface area (Å²) in [4.78, 5) is 0. The van der Waals surface area contributed by atoms with E-state index in [-0.39, 0.29) is 17.3 Å². The Kier molecular flexibility index (Phi) is 5.86. The highest BCUT2D eigenvalue weighted by Crippen LogP contribution is 2.25. The Balaban J connectivity index is 2.58. The molecule has 1 unspecified atom stereocenters. The molecule has 96 valence electrons. The topological polar surface area (TPSA) is 9.23 Å². The first kappa shape index (κ1) is 14.9. The molecule has 0 fully saturated rings. The van der Waals surface area contributed by atoms with Crippen molar-refractivity contribution in [2.45, 2.75) is 33.3 Å². The van der Waals surface area contributed by atoms with Gasteiger partial charge >= 0.3 is 0 Å². The molecule has 0 amide bonds. The third kappa shape index (κ3) is 5.34. The predicted octanol–water partition coefficient (Wildman–Crippen LogP) is 4.75. The van der Waals surface area contributed by atoms with Gasteiger partial charge in [-0.25, -0.2) is 4.39 Å². The third-order valence-electron chi connectivity index (χ3n) is 2.56. The molecule has 1 aromatic rings. The Morgan fingerprint density at radius 1 is 1.29 bits per heavy atom. The Bertz CT molecular complexity index is 346. The largest absolute Gasteiger partial charge is 0.373 e. The fourth-order valence-electron chi connectivity index (χ4n) is 1.46. The van der Waals surface area contributed by atoms with Crippen molar-refractivity contribution >= 4 is 22.6 Å². The molecule has 1 atom stereocenters. The van der Waals surface area contributed by atoms with Crippen LogP contribution in [0.25, 0.3) is 0 Å². The minimum Gasteiger partial charge on any atom is -0.373 e. The number of ether oxygens (including phenoxy) is 1. The summed E-state index contributed by atoms with van der Waals surface area (Å²) in [6, 6.07) is 6.85. The van der Waals surface area contributed by atoms with Gasteiger partial charge in [-0.2, -0.15) is 0 Å². The molecule has 0 aliphatic rings. The average Bonchev–Trinajstić information content (AvgIpc) is 2.24. The Morgan fingerprint density at radius 2 is 1.94 bits per heavy atom. The molecule has 0 aromatic heterocycles. The van der Waals surface area contributed by atoms with Gasteiger partial charge in [0.2, 0.25) is 0 Å². The molecule has 0 heterocycles. The van der Waals surface area contributed by atoms with E-state index in [2.05, 4.69) is 43.4 Å². The van der Waals surface area contributed by atoms with Crippen LogP contribution >= 0.6 is 22.6 Å². The molecule has 0 radical (unpaired) electrons. The van der Waals surface area contributed by atoms with E-state index in [1.807, 2.05) is 6.07 Å². The monoisotopic (exact) mass is 350 g/mol. The van der Waals surface area contributed by atoms with E-state index < -0.39 is 0 Å². The van der Waals surface area contributed by atoms with Crippen molar-refractivity contribution in [3.05, 3.63) is 35.6 Å². The first-order chi connectivity index (χ1) is 7.94. The minimum atomic E-state index is -0.176. The van der Waals surface area contributed by atoms with Crippen molar-refractivity contribution in [1.82, 2.24) is 0 Å². The Hall–Kier alpha value is -0.160. The van der Waals surface area contributed by atoms with Gasteiger partial charge in [0.25, 0.3) is 0 Å². The molecule has 0 aliphatic heterocycles. The first-order valence-corrected chi connectivity index (χ1v) is 7.38. The van der Waals surface area contributed by atoms with Crippen molar-refractivity contribution in [3.63, 3.8) is 0 Å². The summed E-state index contributed by atoms with van der Waals surface area (Å²) >= 11 is 2.24. The van der Waals surface area contributed by atoms with Crippen molar-refractivity contribution in [2.24, 2.45) is 5.41 Å². The lowest BCUT2D eigenvalue weighted by Crippen LogP contribution is -2.14.